The molecule has 0 bridgehead atoms. The summed E-state index contributed by atoms with van der Waals surface area (Å²) in [7, 11) is 1.64. The van der Waals surface area contributed by atoms with Crippen molar-refractivity contribution < 1.29 is 9.53 Å². The minimum absolute atomic E-state index is 0.0572. The molecule has 0 radical (unpaired) electrons. The van der Waals surface area contributed by atoms with E-state index in [9.17, 15) is 4.79 Å². The second kappa shape index (κ2) is 10.1. The van der Waals surface area contributed by atoms with Crippen molar-refractivity contribution in [2.24, 2.45) is 5.10 Å². The monoisotopic (exact) mass is 483 g/mol. The van der Waals surface area contributed by atoms with E-state index in [1.54, 1.807) is 12.1 Å². The summed E-state index contributed by atoms with van der Waals surface area (Å²) in [5.41, 5.74) is 4.90. The molecule has 0 fully saturated rings. The van der Waals surface area contributed by atoms with Gasteiger partial charge in [0.25, 0.3) is 5.91 Å². The van der Waals surface area contributed by atoms with E-state index in [0.717, 1.165) is 34.5 Å². The number of ether oxygens (including phenoxy) is 1. The van der Waals surface area contributed by atoms with Gasteiger partial charge < -0.3 is 4.74 Å². The molecule has 4 aromatic rings. The van der Waals surface area contributed by atoms with Gasteiger partial charge in [-0.25, -0.2) is 5.01 Å². The highest BCUT2D eigenvalue weighted by atomic mass is 32.2. The van der Waals surface area contributed by atoms with Gasteiger partial charge in [0.15, 0.2) is 11.0 Å². The van der Waals surface area contributed by atoms with Crippen molar-refractivity contribution in [2.75, 3.05) is 19.4 Å². The van der Waals surface area contributed by atoms with Gasteiger partial charge in [-0.2, -0.15) is 5.10 Å². The molecule has 1 aromatic heterocycles. The minimum atomic E-state index is -0.0572. The summed E-state index contributed by atoms with van der Waals surface area (Å²) in [5.74, 6) is 1.52. The average Bonchev–Trinajstić information content (AvgIpc) is 3.56. The number of hydrazone groups is 1. The van der Waals surface area contributed by atoms with Crippen molar-refractivity contribution in [2.45, 2.75) is 18.5 Å². The molecule has 0 saturated heterocycles. The van der Waals surface area contributed by atoms with Crippen LogP contribution in [0.5, 0.6) is 5.75 Å². The van der Waals surface area contributed by atoms with Crippen molar-refractivity contribution in [3.63, 3.8) is 0 Å². The zero-order valence-corrected chi connectivity index (χ0v) is 20.4. The first-order valence-electron chi connectivity index (χ1n) is 11.4. The molecule has 5 rings (SSSR count). The highest BCUT2D eigenvalue weighted by Crippen LogP contribution is 2.33. The molecule has 1 aliphatic heterocycles. The second-order valence-electron chi connectivity index (χ2n) is 8.15. The van der Waals surface area contributed by atoms with Crippen molar-refractivity contribution in [1.29, 1.82) is 0 Å². The van der Waals surface area contributed by atoms with Crippen LogP contribution in [0.15, 0.2) is 89.1 Å². The fourth-order valence-corrected chi connectivity index (χ4v) is 4.79. The fourth-order valence-electron chi connectivity index (χ4n) is 3.97. The molecule has 2 heterocycles. The Morgan fingerprint density at radius 3 is 2.49 bits per heavy atom. The van der Waals surface area contributed by atoms with Gasteiger partial charge in [-0.05, 0) is 36.8 Å². The fraction of sp³-hybridized carbons (Fsp3) is 0.185. The number of nitrogens with zero attached hydrogens (tertiary/aromatic N) is 5. The van der Waals surface area contributed by atoms with Gasteiger partial charge >= 0.3 is 0 Å². The number of carbonyl (C=O) groups excluding carboxylic acids is 1. The average molecular weight is 484 g/mol. The van der Waals surface area contributed by atoms with Gasteiger partial charge in [-0.1, -0.05) is 71.9 Å². The Labute approximate surface area is 208 Å². The highest BCUT2D eigenvalue weighted by molar-refractivity contribution is 7.99. The molecular formula is C27H25N5O2S. The van der Waals surface area contributed by atoms with Crippen molar-refractivity contribution in [3.8, 4) is 22.8 Å². The second-order valence-corrected chi connectivity index (χ2v) is 9.09. The third-order valence-electron chi connectivity index (χ3n) is 5.79. The number of amides is 1. The number of carbonyl (C=O) groups is 1. The molecule has 176 valence electrons. The topological polar surface area (TPSA) is 72.6 Å². The molecule has 0 saturated carbocycles. The molecule has 0 spiro atoms. The molecule has 35 heavy (non-hydrogen) atoms. The van der Waals surface area contributed by atoms with Crippen LogP contribution in [-0.4, -0.2) is 50.8 Å². The molecular weight excluding hydrogens is 458 g/mol. The standard InChI is InChI=1S/C27H25N5O2S/c1-19-12-14-21(15-13-19)32-26(22-10-6-7-11-24(22)34-2)28-29-27(32)35-18-25(33)31-17-16-23(30-31)20-8-4-3-5-9-20/h3-15H,16-18H2,1-2H3. The van der Waals surface area contributed by atoms with Gasteiger partial charge in [0.05, 0.1) is 30.7 Å². The SMILES string of the molecule is COc1ccccc1-c1nnc(SCC(=O)N2CCC(c3ccccc3)=N2)n1-c1ccc(C)cc1. The third kappa shape index (κ3) is 4.83. The summed E-state index contributed by atoms with van der Waals surface area (Å²) in [4.78, 5) is 13.0. The molecule has 3 aromatic carbocycles. The molecule has 7 nitrogen and oxygen atoms in total. The van der Waals surface area contributed by atoms with Crippen LogP contribution < -0.4 is 4.74 Å². The zero-order chi connectivity index (χ0) is 24.2. The van der Waals surface area contributed by atoms with Crippen LogP contribution in [0.3, 0.4) is 0 Å². The van der Waals surface area contributed by atoms with E-state index in [-0.39, 0.29) is 11.7 Å². The normalized spacial score (nSPS) is 13.1. The number of aryl methyl sites for hydroxylation is 1. The molecule has 8 heteroatoms. The van der Waals surface area contributed by atoms with E-state index >= 15 is 0 Å². The Kier molecular flexibility index (Phi) is 6.63. The van der Waals surface area contributed by atoms with Gasteiger partial charge in [-0.3, -0.25) is 9.36 Å². The Morgan fingerprint density at radius 1 is 0.971 bits per heavy atom. The number of benzene rings is 3. The van der Waals surface area contributed by atoms with Crippen LogP contribution in [0.4, 0.5) is 0 Å². The summed E-state index contributed by atoms with van der Waals surface area (Å²) in [6.07, 6.45) is 0.748. The summed E-state index contributed by atoms with van der Waals surface area (Å²) < 4.78 is 7.54. The first kappa shape index (κ1) is 22.9. The molecule has 0 N–H and O–H groups in total. The lowest BCUT2D eigenvalue weighted by Crippen LogP contribution is -2.25. The van der Waals surface area contributed by atoms with Crippen molar-refractivity contribution in [1.82, 2.24) is 19.8 Å². The number of rotatable bonds is 7. The number of methoxy groups -OCH3 is 1. The predicted octanol–water partition coefficient (Wildman–Crippen LogP) is 4.98. The lowest BCUT2D eigenvalue weighted by atomic mass is 10.1. The summed E-state index contributed by atoms with van der Waals surface area (Å²) in [6, 6.07) is 25.8. The summed E-state index contributed by atoms with van der Waals surface area (Å²) >= 11 is 1.36. The Balaban J connectivity index is 1.41. The Morgan fingerprint density at radius 2 is 1.71 bits per heavy atom. The maximum Gasteiger partial charge on any atom is 0.253 e. The lowest BCUT2D eigenvalue weighted by Gasteiger charge is -2.14. The van der Waals surface area contributed by atoms with E-state index in [4.69, 9.17) is 4.74 Å². The number of aromatic nitrogens is 3. The highest BCUT2D eigenvalue weighted by Gasteiger charge is 2.24. The van der Waals surface area contributed by atoms with Crippen LogP contribution >= 0.6 is 11.8 Å². The molecule has 1 aliphatic rings. The molecule has 0 atom stereocenters. The smallest absolute Gasteiger partial charge is 0.253 e. The van der Waals surface area contributed by atoms with Crippen LogP contribution in [0, 0.1) is 6.92 Å². The zero-order valence-electron chi connectivity index (χ0n) is 19.6. The lowest BCUT2D eigenvalue weighted by molar-refractivity contribution is -0.127. The number of hydrogen-bond acceptors (Lipinski definition) is 6. The van der Waals surface area contributed by atoms with Crippen LogP contribution in [0.2, 0.25) is 0 Å². The van der Waals surface area contributed by atoms with Crippen LogP contribution in [-0.2, 0) is 4.79 Å². The Hall–Kier alpha value is -3.91. The number of hydrogen-bond donors (Lipinski definition) is 0. The summed E-state index contributed by atoms with van der Waals surface area (Å²) in [6.45, 7) is 2.63. The van der Waals surface area contributed by atoms with E-state index < -0.39 is 0 Å². The van der Waals surface area contributed by atoms with Gasteiger partial charge in [0, 0.05) is 12.1 Å². The summed E-state index contributed by atoms with van der Waals surface area (Å²) in [5, 5.41) is 15.7. The van der Waals surface area contributed by atoms with Crippen LogP contribution in [0.25, 0.3) is 17.1 Å². The first-order chi connectivity index (χ1) is 17.1. The van der Waals surface area contributed by atoms with Gasteiger partial charge in [0.1, 0.15) is 5.75 Å². The van der Waals surface area contributed by atoms with E-state index in [0.29, 0.717) is 23.3 Å². The third-order valence-corrected chi connectivity index (χ3v) is 6.71. The molecule has 1 amide bonds. The minimum Gasteiger partial charge on any atom is -0.496 e. The molecule has 0 unspecified atom stereocenters. The maximum atomic E-state index is 13.0. The van der Waals surface area contributed by atoms with Crippen molar-refractivity contribution >= 4 is 23.4 Å². The van der Waals surface area contributed by atoms with Gasteiger partial charge in [0.2, 0.25) is 0 Å². The first-order valence-corrected chi connectivity index (χ1v) is 12.3. The maximum absolute atomic E-state index is 13.0. The number of thioether (sulfide) groups is 1. The van der Waals surface area contributed by atoms with Crippen LogP contribution in [0.1, 0.15) is 17.5 Å². The Bertz CT molecular complexity index is 1370. The number of para-hydroxylation sites is 1. The molecule has 0 aliphatic carbocycles. The van der Waals surface area contributed by atoms with E-state index in [1.165, 1.54) is 11.8 Å². The van der Waals surface area contributed by atoms with E-state index in [1.807, 2.05) is 90.4 Å². The van der Waals surface area contributed by atoms with E-state index in [2.05, 4.69) is 15.3 Å². The quantitative estimate of drug-likeness (QED) is 0.347. The van der Waals surface area contributed by atoms with Gasteiger partial charge in [-0.15, -0.1) is 10.2 Å². The predicted molar refractivity (Wildman–Crippen MR) is 138 cm³/mol. The van der Waals surface area contributed by atoms with Crippen molar-refractivity contribution in [3.05, 3.63) is 90.0 Å². The largest absolute Gasteiger partial charge is 0.496 e.